The van der Waals surface area contributed by atoms with Crippen molar-refractivity contribution in [2.45, 2.75) is 6.42 Å². The van der Waals surface area contributed by atoms with Crippen LogP contribution < -0.4 is 0 Å². The van der Waals surface area contributed by atoms with E-state index in [4.69, 9.17) is 0 Å². The summed E-state index contributed by atoms with van der Waals surface area (Å²) >= 11 is 0. The molecule has 0 radical (unpaired) electrons. The first-order valence-electron chi connectivity index (χ1n) is 4.89. The molecule has 0 unspecified atom stereocenters. The number of hydrogen-bond acceptors (Lipinski definition) is 3. The Hall–Kier alpha value is -2.16. The number of allylic oxidation sites excluding steroid dienone is 1. The van der Waals surface area contributed by atoms with Gasteiger partial charge in [0, 0.05) is 6.08 Å². The Morgan fingerprint density at radius 1 is 1.25 bits per heavy atom. The average Bonchev–Trinajstić information content (AvgIpc) is 2.59. The van der Waals surface area contributed by atoms with Crippen molar-refractivity contribution in [3.63, 3.8) is 0 Å². The highest BCUT2D eigenvalue weighted by Crippen LogP contribution is 2.24. The minimum absolute atomic E-state index is 0.322. The molecule has 0 bridgehead atoms. The van der Waals surface area contributed by atoms with Gasteiger partial charge < -0.3 is 4.74 Å². The van der Waals surface area contributed by atoms with E-state index in [2.05, 4.69) is 11.3 Å². The smallest absolute Gasteiger partial charge is 0.346 e. The summed E-state index contributed by atoms with van der Waals surface area (Å²) in [5.74, 6) is -1.19. The molecule has 1 aromatic carbocycles. The third-order valence-corrected chi connectivity index (χ3v) is 2.35. The molecule has 80 valence electrons. The van der Waals surface area contributed by atoms with Crippen molar-refractivity contribution in [3.05, 3.63) is 54.1 Å². The zero-order valence-electron chi connectivity index (χ0n) is 8.60. The van der Waals surface area contributed by atoms with E-state index in [0.29, 0.717) is 12.0 Å². The molecule has 0 aliphatic carbocycles. The normalized spacial score (nSPS) is 14.6. The third kappa shape index (κ3) is 1.80. The topological polar surface area (TPSA) is 43.4 Å². The summed E-state index contributed by atoms with van der Waals surface area (Å²) in [6, 6.07) is 7.39. The van der Waals surface area contributed by atoms with Crippen LogP contribution in [0.2, 0.25) is 0 Å². The van der Waals surface area contributed by atoms with Gasteiger partial charge in [-0.15, -0.1) is 6.58 Å². The number of benzene rings is 1. The number of carbonyl (C=O) groups excluding carboxylic acids is 2. The SMILES string of the molecule is C=CCc1ccccc1C1=CC(=O)OC1=O. The number of ether oxygens (including phenoxy) is 1. The molecular formula is C13H10O3. The lowest BCUT2D eigenvalue weighted by Crippen LogP contribution is -2.03. The molecule has 2 rings (SSSR count). The van der Waals surface area contributed by atoms with E-state index in [9.17, 15) is 9.59 Å². The van der Waals surface area contributed by atoms with Crippen LogP contribution in [0.25, 0.3) is 5.57 Å². The van der Waals surface area contributed by atoms with Crippen LogP contribution in [0.15, 0.2) is 43.0 Å². The van der Waals surface area contributed by atoms with Gasteiger partial charge >= 0.3 is 11.9 Å². The summed E-state index contributed by atoms with van der Waals surface area (Å²) in [6.45, 7) is 3.66. The van der Waals surface area contributed by atoms with Crippen LogP contribution in [0.3, 0.4) is 0 Å². The Kier molecular flexibility index (Phi) is 2.68. The van der Waals surface area contributed by atoms with Gasteiger partial charge in [0.05, 0.1) is 5.57 Å². The zero-order chi connectivity index (χ0) is 11.5. The fourth-order valence-corrected chi connectivity index (χ4v) is 1.66. The molecule has 0 aromatic heterocycles. The highest BCUT2D eigenvalue weighted by Gasteiger charge is 2.26. The summed E-state index contributed by atoms with van der Waals surface area (Å²) in [5, 5.41) is 0. The van der Waals surface area contributed by atoms with Crippen molar-refractivity contribution in [2.75, 3.05) is 0 Å². The minimum atomic E-state index is -0.603. The molecule has 1 aliphatic heterocycles. The molecule has 0 saturated heterocycles. The predicted molar refractivity (Wildman–Crippen MR) is 59.4 cm³/mol. The van der Waals surface area contributed by atoms with E-state index >= 15 is 0 Å². The summed E-state index contributed by atoms with van der Waals surface area (Å²) in [6.07, 6.45) is 3.63. The fraction of sp³-hybridized carbons (Fsp3) is 0.0769. The van der Waals surface area contributed by atoms with Crippen LogP contribution in [-0.4, -0.2) is 11.9 Å². The number of cyclic esters (lactones) is 2. The van der Waals surface area contributed by atoms with Crippen LogP contribution in [0.5, 0.6) is 0 Å². The van der Waals surface area contributed by atoms with Gasteiger partial charge in [-0.2, -0.15) is 0 Å². The maximum atomic E-state index is 11.4. The molecule has 0 fully saturated rings. The third-order valence-electron chi connectivity index (χ3n) is 2.35. The lowest BCUT2D eigenvalue weighted by Gasteiger charge is -2.05. The van der Waals surface area contributed by atoms with Gasteiger partial charge in [-0.05, 0) is 17.5 Å². The maximum absolute atomic E-state index is 11.4. The molecule has 1 aliphatic rings. The van der Waals surface area contributed by atoms with Crippen LogP contribution >= 0.6 is 0 Å². The molecular weight excluding hydrogens is 204 g/mol. The molecule has 1 aromatic rings. The van der Waals surface area contributed by atoms with Crippen molar-refractivity contribution in [2.24, 2.45) is 0 Å². The summed E-state index contributed by atoms with van der Waals surface area (Å²) < 4.78 is 4.47. The van der Waals surface area contributed by atoms with Crippen LogP contribution in [0, 0.1) is 0 Å². The Morgan fingerprint density at radius 3 is 2.62 bits per heavy atom. The van der Waals surface area contributed by atoms with Crippen molar-refractivity contribution in [3.8, 4) is 0 Å². The Balaban J connectivity index is 2.47. The highest BCUT2D eigenvalue weighted by atomic mass is 16.6. The van der Waals surface area contributed by atoms with E-state index in [1.54, 1.807) is 12.1 Å². The van der Waals surface area contributed by atoms with E-state index in [0.717, 1.165) is 11.1 Å². The molecule has 0 atom stereocenters. The molecule has 0 saturated carbocycles. The molecule has 16 heavy (non-hydrogen) atoms. The largest absolute Gasteiger partial charge is 0.386 e. The molecule has 3 nitrogen and oxygen atoms in total. The first-order chi connectivity index (χ1) is 7.72. The zero-order valence-corrected chi connectivity index (χ0v) is 8.60. The molecule has 1 heterocycles. The lowest BCUT2D eigenvalue weighted by atomic mass is 9.98. The van der Waals surface area contributed by atoms with Gasteiger partial charge in [0.1, 0.15) is 0 Å². The van der Waals surface area contributed by atoms with E-state index in [-0.39, 0.29) is 0 Å². The Labute approximate surface area is 93.0 Å². The van der Waals surface area contributed by atoms with Gasteiger partial charge in [-0.25, -0.2) is 9.59 Å². The minimum Gasteiger partial charge on any atom is -0.386 e. The van der Waals surface area contributed by atoms with Crippen LogP contribution in [-0.2, 0) is 20.7 Å². The standard InChI is InChI=1S/C13H10O3/c1-2-5-9-6-3-4-7-10(9)11-8-12(14)16-13(11)15/h2-4,6-8H,1,5H2. The van der Waals surface area contributed by atoms with E-state index in [1.807, 2.05) is 18.2 Å². The van der Waals surface area contributed by atoms with Crippen molar-refractivity contribution < 1.29 is 14.3 Å². The van der Waals surface area contributed by atoms with Crippen molar-refractivity contribution in [1.29, 1.82) is 0 Å². The van der Waals surface area contributed by atoms with Gasteiger partial charge in [-0.1, -0.05) is 30.3 Å². The first kappa shape index (κ1) is 10.4. The number of carbonyl (C=O) groups is 2. The lowest BCUT2D eigenvalue weighted by molar-refractivity contribution is -0.149. The fourth-order valence-electron chi connectivity index (χ4n) is 1.66. The van der Waals surface area contributed by atoms with E-state index < -0.39 is 11.9 Å². The number of esters is 2. The van der Waals surface area contributed by atoms with Crippen molar-refractivity contribution >= 4 is 17.5 Å². The highest BCUT2D eigenvalue weighted by molar-refractivity contribution is 6.28. The molecule has 0 amide bonds. The second-order valence-electron chi connectivity index (χ2n) is 3.42. The average molecular weight is 214 g/mol. The van der Waals surface area contributed by atoms with Gasteiger partial charge in [0.15, 0.2) is 0 Å². The quantitative estimate of drug-likeness (QED) is 0.438. The van der Waals surface area contributed by atoms with Crippen LogP contribution in [0.1, 0.15) is 11.1 Å². The number of hydrogen-bond donors (Lipinski definition) is 0. The predicted octanol–water partition coefficient (Wildman–Crippen LogP) is 1.88. The van der Waals surface area contributed by atoms with Gasteiger partial charge in [-0.3, -0.25) is 0 Å². The Bertz CT molecular complexity index is 498. The van der Waals surface area contributed by atoms with E-state index in [1.165, 1.54) is 6.08 Å². The maximum Gasteiger partial charge on any atom is 0.346 e. The number of rotatable bonds is 3. The van der Waals surface area contributed by atoms with Gasteiger partial charge in [0.25, 0.3) is 0 Å². The molecule has 0 N–H and O–H groups in total. The molecule has 3 heteroatoms. The second kappa shape index (κ2) is 4.14. The molecule has 0 spiro atoms. The second-order valence-corrected chi connectivity index (χ2v) is 3.42. The summed E-state index contributed by atoms with van der Waals surface area (Å²) in [7, 11) is 0. The Morgan fingerprint density at radius 2 is 2.00 bits per heavy atom. The first-order valence-corrected chi connectivity index (χ1v) is 4.89. The van der Waals surface area contributed by atoms with Gasteiger partial charge in [0.2, 0.25) is 0 Å². The summed E-state index contributed by atoms with van der Waals surface area (Å²) in [5.41, 5.74) is 2.01. The monoisotopic (exact) mass is 214 g/mol. The summed E-state index contributed by atoms with van der Waals surface area (Å²) in [4.78, 5) is 22.4. The van der Waals surface area contributed by atoms with Crippen LogP contribution in [0.4, 0.5) is 0 Å². The van der Waals surface area contributed by atoms with Crippen molar-refractivity contribution in [1.82, 2.24) is 0 Å².